The molecule has 1 atom stereocenters. The molecule has 0 fully saturated rings. The van der Waals surface area contributed by atoms with Crippen molar-refractivity contribution in [2.75, 3.05) is 26.7 Å². The summed E-state index contributed by atoms with van der Waals surface area (Å²) in [6.07, 6.45) is 1.99. The highest BCUT2D eigenvalue weighted by atomic mass is 16.5. The fourth-order valence-electron chi connectivity index (χ4n) is 2.80. The molecule has 0 radical (unpaired) electrons. The van der Waals surface area contributed by atoms with Crippen molar-refractivity contribution in [1.82, 2.24) is 15.4 Å². The maximum Gasteiger partial charge on any atom is 0.273 e. The zero-order valence-corrected chi connectivity index (χ0v) is 16.1. The molecular formula is C20H29N3O3. The van der Waals surface area contributed by atoms with Crippen molar-refractivity contribution in [2.24, 2.45) is 0 Å². The van der Waals surface area contributed by atoms with E-state index >= 15 is 0 Å². The van der Waals surface area contributed by atoms with Gasteiger partial charge in [0.2, 0.25) is 0 Å². The third-order valence-corrected chi connectivity index (χ3v) is 4.50. The fourth-order valence-corrected chi connectivity index (χ4v) is 2.80. The summed E-state index contributed by atoms with van der Waals surface area (Å²) >= 11 is 0. The molecule has 0 saturated carbocycles. The lowest BCUT2D eigenvalue weighted by Gasteiger charge is -2.19. The van der Waals surface area contributed by atoms with E-state index in [1.165, 1.54) is 0 Å². The molecule has 6 heteroatoms. The number of benzene rings is 1. The van der Waals surface area contributed by atoms with Crippen LogP contribution in [0.15, 0.2) is 34.9 Å². The van der Waals surface area contributed by atoms with Crippen LogP contribution in [0.4, 0.5) is 0 Å². The topological polar surface area (TPSA) is 67.6 Å². The lowest BCUT2D eigenvalue weighted by molar-refractivity contribution is 0.0928. The molecule has 1 amide bonds. The minimum Gasteiger partial charge on any atom is -0.497 e. The molecule has 0 unspecified atom stereocenters. The first-order valence-corrected chi connectivity index (χ1v) is 9.21. The van der Waals surface area contributed by atoms with Crippen LogP contribution in [-0.4, -0.2) is 48.7 Å². The van der Waals surface area contributed by atoms with Crippen molar-refractivity contribution in [2.45, 2.75) is 39.7 Å². The number of rotatable bonds is 10. The summed E-state index contributed by atoms with van der Waals surface area (Å²) in [5, 5.41) is 6.89. The van der Waals surface area contributed by atoms with E-state index in [1.54, 1.807) is 13.2 Å². The minimum atomic E-state index is -0.205. The summed E-state index contributed by atoms with van der Waals surface area (Å²) in [4.78, 5) is 14.7. The zero-order chi connectivity index (χ0) is 18.9. The van der Waals surface area contributed by atoms with Crippen molar-refractivity contribution in [3.63, 3.8) is 0 Å². The van der Waals surface area contributed by atoms with Crippen molar-refractivity contribution < 1.29 is 14.1 Å². The van der Waals surface area contributed by atoms with Crippen LogP contribution in [0.3, 0.4) is 0 Å². The molecule has 1 aromatic heterocycles. The van der Waals surface area contributed by atoms with Crippen LogP contribution >= 0.6 is 0 Å². The first kappa shape index (κ1) is 20.0. The second kappa shape index (κ2) is 9.97. The normalized spacial score (nSPS) is 12.2. The SMILES string of the molecule is CCN(CC)CCC[C@H](C)NC(=O)c1cc(-c2ccc(OC)cc2)on1. The van der Waals surface area contributed by atoms with Crippen LogP contribution in [0.25, 0.3) is 11.3 Å². The molecule has 0 aliphatic rings. The lowest BCUT2D eigenvalue weighted by atomic mass is 10.1. The van der Waals surface area contributed by atoms with Crippen LogP contribution < -0.4 is 10.1 Å². The Labute approximate surface area is 155 Å². The third-order valence-electron chi connectivity index (χ3n) is 4.50. The molecule has 1 N–H and O–H groups in total. The fraction of sp³-hybridized carbons (Fsp3) is 0.500. The number of carbonyl (C=O) groups is 1. The second-order valence-corrected chi connectivity index (χ2v) is 6.35. The van der Waals surface area contributed by atoms with Gasteiger partial charge in [0.1, 0.15) is 5.75 Å². The first-order valence-electron chi connectivity index (χ1n) is 9.21. The smallest absolute Gasteiger partial charge is 0.273 e. The molecular weight excluding hydrogens is 330 g/mol. The minimum absolute atomic E-state index is 0.0965. The van der Waals surface area contributed by atoms with E-state index in [2.05, 4.69) is 29.2 Å². The Balaban J connectivity index is 1.86. The van der Waals surface area contributed by atoms with Gasteiger partial charge in [0.05, 0.1) is 7.11 Å². The van der Waals surface area contributed by atoms with Crippen molar-refractivity contribution in [3.8, 4) is 17.1 Å². The molecule has 0 aliphatic heterocycles. The lowest BCUT2D eigenvalue weighted by Crippen LogP contribution is -2.33. The summed E-state index contributed by atoms with van der Waals surface area (Å²) in [7, 11) is 1.62. The van der Waals surface area contributed by atoms with E-state index < -0.39 is 0 Å². The van der Waals surface area contributed by atoms with E-state index in [-0.39, 0.29) is 11.9 Å². The van der Waals surface area contributed by atoms with Crippen LogP contribution in [-0.2, 0) is 0 Å². The van der Waals surface area contributed by atoms with Gasteiger partial charge in [-0.2, -0.15) is 0 Å². The number of carbonyl (C=O) groups excluding carboxylic acids is 1. The van der Waals surface area contributed by atoms with Gasteiger partial charge >= 0.3 is 0 Å². The molecule has 1 aromatic carbocycles. The number of amides is 1. The number of hydrogen-bond donors (Lipinski definition) is 1. The van der Waals surface area contributed by atoms with Gasteiger partial charge in [0.25, 0.3) is 5.91 Å². The molecule has 0 saturated heterocycles. The molecule has 2 rings (SSSR count). The van der Waals surface area contributed by atoms with Gasteiger partial charge in [-0.15, -0.1) is 0 Å². The highest BCUT2D eigenvalue weighted by Crippen LogP contribution is 2.23. The third kappa shape index (κ3) is 5.59. The van der Waals surface area contributed by atoms with Crippen molar-refractivity contribution >= 4 is 5.91 Å². The monoisotopic (exact) mass is 359 g/mol. The Kier molecular flexibility index (Phi) is 7.66. The van der Waals surface area contributed by atoms with Gasteiger partial charge in [0.15, 0.2) is 11.5 Å². The quantitative estimate of drug-likeness (QED) is 0.702. The summed E-state index contributed by atoms with van der Waals surface area (Å²) in [5.41, 5.74) is 1.15. The van der Waals surface area contributed by atoms with E-state index in [4.69, 9.17) is 9.26 Å². The Bertz CT molecular complexity index is 678. The average molecular weight is 359 g/mol. The molecule has 1 heterocycles. The van der Waals surface area contributed by atoms with E-state index in [9.17, 15) is 4.79 Å². The molecule has 0 bridgehead atoms. The Morgan fingerprint density at radius 2 is 1.96 bits per heavy atom. The Morgan fingerprint density at radius 1 is 1.27 bits per heavy atom. The summed E-state index contributed by atoms with van der Waals surface area (Å²) in [5.74, 6) is 1.13. The number of methoxy groups -OCH3 is 1. The Hall–Kier alpha value is -2.34. The molecule has 26 heavy (non-hydrogen) atoms. The summed E-state index contributed by atoms with van der Waals surface area (Å²) < 4.78 is 10.5. The first-order chi connectivity index (χ1) is 12.6. The summed E-state index contributed by atoms with van der Waals surface area (Å²) in [6.45, 7) is 9.53. The van der Waals surface area contributed by atoms with Gasteiger partial charge in [-0.25, -0.2) is 0 Å². The van der Waals surface area contributed by atoms with Gasteiger partial charge in [-0.05, 0) is 63.7 Å². The second-order valence-electron chi connectivity index (χ2n) is 6.35. The van der Waals surface area contributed by atoms with Crippen LogP contribution in [0.1, 0.15) is 44.1 Å². The Morgan fingerprint density at radius 3 is 2.58 bits per heavy atom. The highest BCUT2D eigenvalue weighted by molar-refractivity contribution is 5.93. The number of nitrogens with zero attached hydrogens (tertiary/aromatic N) is 2. The highest BCUT2D eigenvalue weighted by Gasteiger charge is 2.16. The van der Waals surface area contributed by atoms with Crippen molar-refractivity contribution in [1.29, 1.82) is 0 Å². The molecule has 2 aromatic rings. The standard InChI is InChI=1S/C20H29N3O3/c1-5-23(6-2)13-7-8-15(3)21-20(24)18-14-19(26-22-18)16-9-11-17(25-4)12-10-16/h9-12,14-15H,5-8,13H2,1-4H3,(H,21,24)/t15-/m0/s1. The predicted molar refractivity (Wildman–Crippen MR) is 102 cm³/mol. The number of aromatic nitrogens is 1. The molecule has 142 valence electrons. The van der Waals surface area contributed by atoms with Gasteiger partial charge in [-0.1, -0.05) is 19.0 Å². The van der Waals surface area contributed by atoms with Gasteiger partial charge in [-0.3, -0.25) is 4.79 Å². The zero-order valence-electron chi connectivity index (χ0n) is 16.1. The van der Waals surface area contributed by atoms with Crippen LogP contribution in [0.2, 0.25) is 0 Å². The molecule has 6 nitrogen and oxygen atoms in total. The van der Waals surface area contributed by atoms with E-state index in [0.717, 1.165) is 43.8 Å². The predicted octanol–water partition coefficient (Wildman–Crippen LogP) is 3.59. The van der Waals surface area contributed by atoms with E-state index in [1.807, 2.05) is 31.2 Å². The maximum atomic E-state index is 12.3. The number of nitrogens with one attached hydrogen (secondary N) is 1. The van der Waals surface area contributed by atoms with Gasteiger partial charge in [0, 0.05) is 17.7 Å². The molecule has 0 aliphatic carbocycles. The summed E-state index contributed by atoms with van der Waals surface area (Å²) in [6, 6.07) is 9.19. The largest absolute Gasteiger partial charge is 0.497 e. The van der Waals surface area contributed by atoms with Crippen molar-refractivity contribution in [3.05, 3.63) is 36.0 Å². The van der Waals surface area contributed by atoms with Gasteiger partial charge < -0.3 is 19.5 Å². The van der Waals surface area contributed by atoms with Crippen LogP contribution in [0, 0.1) is 0 Å². The van der Waals surface area contributed by atoms with Crippen LogP contribution in [0.5, 0.6) is 5.75 Å². The number of hydrogen-bond acceptors (Lipinski definition) is 5. The molecule has 0 spiro atoms. The van der Waals surface area contributed by atoms with E-state index in [0.29, 0.717) is 11.5 Å². The average Bonchev–Trinajstić information content (AvgIpc) is 3.15. The maximum absolute atomic E-state index is 12.3. The number of ether oxygens (including phenoxy) is 1.